The third-order valence-electron chi connectivity index (χ3n) is 3.80. The van der Waals surface area contributed by atoms with Crippen LogP contribution in [0, 0.1) is 5.82 Å². The van der Waals surface area contributed by atoms with Crippen LogP contribution in [0.2, 0.25) is 0 Å². The smallest absolute Gasteiger partial charge is 0.123 e. The minimum absolute atomic E-state index is 0. The lowest BCUT2D eigenvalue weighted by molar-refractivity contribution is 0.586. The summed E-state index contributed by atoms with van der Waals surface area (Å²) in [6.45, 7) is 0. The zero-order valence-corrected chi connectivity index (χ0v) is 11.6. The minimum Gasteiger partial charge on any atom is -0.310 e. The van der Waals surface area contributed by atoms with Crippen LogP contribution < -0.4 is 5.32 Å². The van der Waals surface area contributed by atoms with Gasteiger partial charge in [0.2, 0.25) is 0 Å². The molecule has 1 N–H and O–H groups in total. The first-order chi connectivity index (χ1) is 8.73. The van der Waals surface area contributed by atoms with Crippen LogP contribution in [-0.2, 0) is 5.54 Å². The van der Waals surface area contributed by atoms with Gasteiger partial charge in [0.25, 0.3) is 0 Å². The molecule has 0 atom stereocenters. The Hall–Kier alpha value is -1.38. The highest BCUT2D eigenvalue weighted by atomic mass is 35.5. The highest BCUT2D eigenvalue weighted by molar-refractivity contribution is 5.85. The van der Waals surface area contributed by atoms with Gasteiger partial charge in [0.1, 0.15) is 5.82 Å². The second-order valence-corrected chi connectivity index (χ2v) is 4.92. The summed E-state index contributed by atoms with van der Waals surface area (Å²) in [6, 6.07) is 15.1. The number of rotatable bonds is 3. The maximum atomic E-state index is 13.3. The molecule has 0 unspecified atom stereocenters. The van der Waals surface area contributed by atoms with Crippen molar-refractivity contribution in [1.29, 1.82) is 0 Å². The van der Waals surface area contributed by atoms with Gasteiger partial charge < -0.3 is 5.32 Å². The van der Waals surface area contributed by atoms with Gasteiger partial charge in [-0.3, -0.25) is 0 Å². The minimum atomic E-state index is -0.187. The Morgan fingerprint density at radius 1 is 1.00 bits per heavy atom. The molecule has 0 spiro atoms. The van der Waals surface area contributed by atoms with Crippen molar-refractivity contribution in [1.82, 2.24) is 5.32 Å². The largest absolute Gasteiger partial charge is 0.310 e. The van der Waals surface area contributed by atoms with E-state index in [1.807, 2.05) is 25.2 Å². The van der Waals surface area contributed by atoms with Crippen molar-refractivity contribution in [3.8, 4) is 11.1 Å². The summed E-state index contributed by atoms with van der Waals surface area (Å²) < 4.78 is 13.3. The summed E-state index contributed by atoms with van der Waals surface area (Å²) in [6.07, 6.45) is 2.35. The van der Waals surface area contributed by atoms with E-state index in [-0.39, 0.29) is 23.8 Å². The Labute approximate surface area is 119 Å². The average molecular weight is 278 g/mol. The molecule has 0 amide bonds. The lowest BCUT2D eigenvalue weighted by atomic mass is 9.98. The Morgan fingerprint density at radius 2 is 1.63 bits per heavy atom. The van der Waals surface area contributed by atoms with Gasteiger partial charge in [-0.15, -0.1) is 12.4 Å². The van der Waals surface area contributed by atoms with Crippen molar-refractivity contribution in [2.24, 2.45) is 0 Å². The standard InChI is InChI=1S/C16H16FN.ClH/c1-18-16(8-9-16)14-6-2-4-12(10-14)13-5-3-7-15(17)11-13;/h2-7,10-11,18H,8-9H2,1H3;1H. The van der Waals surface area contributed by atoms with E-state index in [2.05, 4.69) is 17.4 Å². The fraction of sp³-hybridized carbons (Fsp3) is 0.250. The highest BCUT2D eigenvalue weighted by Gasteiger charge is 2.42. The summed E-state index contributed by atoms with van der Waals surface area (Å²) in [4.78, 5) is 0. The number of hydrogen-bond donors (Lipinski definition) is 1. The van der Waals surface area contributed by atoms with Gasteiger partial charge in [-0.1, -0.05) is 30.3 Å². The van der Waals surface area contributed by atoms with E-state index in [0.29, 0.717) is 0 Å². The first-order valence-electron chi connectivity index (χ1n) is 6.29. The Bertz CT molecular complexity index is 578. The molecule has 19 heavy (non-hydrogen) atoms. The maximum absolute atomic E-state index is 13.3. The lowest BCUT2D eigenvalue weighted by Gasteiger charge is -2.15. The Balaban J connectivity index is 0.00000133. The van der Waals surface area contributed by atoms with Crippen molar-refractivity contribution >= 4 is 12.4 Å². The molecule has 0 radical (unpaired) electrons. The van der Waals surface area contributed by atoms with E-state index in [9.17, 15) is 4.39 Å². The van der Waals surface area contributed by atoms with Crippen LogP contribution in [0.15, 0.2) is 48.5 Å². The molecule has 1 aliphatic carbocycles. The Kier molecular flexibility index (Phi) is 3.93. The maximum Gasteiger partial charge on any atom is 0.123 e. The molecule has 2 aromatic carbocycles. The quantitative estimate of drug-likeness (QED) is 0.890. The number of nitrogens with one attached hydrogen (secondary N) is 1. The third kappa shape index (κ3) is 2.65. The third-order valence-corrected chi connectivity index (χ3v) is 3.80. The molecule has 2 aromatic rings. The number of halogens is 2. The van der Waals surface area contributed by atoms with Crippen LogP contribution in [0.25, 0.3) is 11.1 Å². The zero-order chi connectivity index (χ0) is 12.6. The molecule has 1 saturated carbocycles. The first-order valence-corrected chi connectivity index (χ1v) is 6.29. The van der Waals surface area contributed by atoms with E-state index < -0.39 is 0 Å². The van der Waals surface area contributed by atoms with Crippen LogP contribution >= 0.6 is 12.4 Å². The van der Waals surface area contributed by atoms with Crippen molar-refractivity contribution in [2.45, 2.75) is 18.4 Å². The van der Waals surface area contributed by atoms with E-state index in [0.717, 1.165) is 11.1 Å². The molecule has 1 aliphatic rings. The summed E-state index contributed by atoms with van der Waals surface area (Å²) in [5.41, 5.74) is 3.47. The summed E-state index contributed by atoms with van der Waals surface area (Å²) >= 11 is 0. The first kappa shape index (κ1) is 14.0. The van der Waals surface area contributed by atoms with Gasteiger partial charge in [-0.25, -0.2) is 4.39 Å². The summed E-state index contributed by atoms with van der Waals surface area (Å²) in [5.74, 6) is -0.187. The van der Waals surface area contributed by atoms with Crippen LogP contribution in [0.3, 0.4) is 0 Å². The number of hydrogen-bond acceptors (Lipinski definition) is 1. The van der Waals surface area contributed by atoms with E-state index in [1.165, 1.54) is 24.5 Å². The predicted octanol–water partition coefficient (Wildman–Crippen LogP) is 4.12. The molecule has 0 aromatic heterocycles. The molecular weight excluding hydrogens is 261 g/mol. The van der Waals surface area contributed by atoms with Crippen molar-refractivity contribution in [2.75, 3.05) is 7.05 Å². The van der Waals surface area contributed by atoms with Gasteiger partial charge in [0.15, 0.2) is 0 Å². The van der Waals surface area contributed by atoms with E-state index in [4.69, 9.17) is 0 Å². The molecule has 3 heteroatoms. The molecule has 3 rings (SSSR count). The van der Waals surface area contributed by atoms with Crippen molar-refractivity contribution in [3.05, 3.63) is 59.9 Å². The van der Waals surface area contributed by atoms with Gasteiger partial charge in [0, 0.05) is 5.54 Å². The van der Waals surface area contributed by atoms with Crippen LogP contribution in [0.1, 0.15) is 18.4 Å². The Morgan fingerprint density at radius 3 is 2.21 bits per heavy atom. The topological polar surface area (TPSA) is 12.0 Å². The molecule has 100 valence electrons. The fourth-order valence-corrected chi connectivity index (χ4v) is 2.47. The van der Waals surface area contributed by atoms with Crippen molar-refractivity contribution in [3.63, 3.8) is 0 Å². The summed E-state index contributed by atoms with van der Waals surface area (Å²) in [7, 11) is 2.00. The van der Waals surface area contributed by atoms with E-state index >= 15 is 0 Å². The van der Waals surface area contributed by atoms with Crippen LogP contribution in [-0.4, -0.2) is 7.05 Å². The fourth-order valence-electron chi connectivity index (χ4n) is 2.47. The predicted molar refractivity (Wildman–Crippen MR) is 79.1 cm³/mol. The molecule has 1 nitrogen and oxygen atoms in total. The monoisotopic (exact) mass is 277 g/mol. The molecule has 0 aliphatic heterocycles. The zero-order valence-electron chi connectivity index (χ0n) is 10.8. The highest BCUT2D eigenvalue weighted by Crippen LogP contribution is 2.45. The molecule has 0 bridgehead atoms. The second-order valence-electron chi connectivity index (χ2n) is 4.92. The van der Waals surface area contributed by atoms with Crippen LogP contribution in [0.5, 0.6) is 0 Å². The lowest BCUT2D eigenvalue weighted by Crippen LogP contribution is -2.24. The van der Waals surface area contributed by atoms with Gasteiger partial charge in [-0.05, 0) is 54.8 Å². The molecular formula is C16H17ClFN. The van der Waals surface area contributed by atoms with Gasteiger partial charge >= 0.3 is 0 Å². The summed E-state index contributed by atoms with van der Waals surface area (Å²) in [5, 5.41) is 3.38. The van der Waals surface area contributed by atoms with E-state index in [1.54, 1.807) is 12.1 Å². The molecule has 1 fully saturated rings. The van der Waals surface area contributed by atoms with Crippen molar-refractivity contribution < 1.29 is 4.39 Å². The van der Waals surface area contributed by atoms with Gasteiger partial charge in [-0.2, -0.15) is 0 Å². The SMILES string of the molecule is CNC1(c2cccc(-c3cccc(F)c3)c2)CC1.Cl. The van der Waals surface area contributed by atoms with Gasteiger partial charge in [0.05, 0.1) is 0 Å². The molecule has 0 saturated heterocycles. The normalized spacial score (nSPS) is 15.7. The van der Waals surface area contributed by atoms with Crippen LogP contribution in [0.4, 0.5) is 4.39 Å². The molecule has 0 heterocycles. The second kappa shape index (κ2) is 5.32. The average Bonchev–Trinajstić information content (AvgIpc) is 3.20. The number of benzene rings is 2.